The zero-order valence-corrected chi connectivity index (χ0v) is 11.0. The van der Waals surface area contributed by atoms with Crippen LogP contribution in [0.3, 0.4) is 0 Å². The lowest BCUT2D eigenvalue weighted by molar-refractivity contribution is 0.0269. The highest BCUT2D eigenvalue weighted by Crippen LogP contribution is 2.23. The number of hydrogen-bond donors (Lipinski definition) is 1. The second kappa shape index (κ2) is 5.54. The first-order chi connectivity index (χ1) is 7.83. The van der Waals surface area contributed by atoms with Crippen LogP contribution in [-0.2, 0) is 4.74 Å². The van der Waals surface area contributed by atoms with E-state index in [0.29, 0.717) is 19.5 Å². The number of nitrogens with zero attached hydrogens (tertiary/aromatic N) is 1. The molecular weight excluding hydrogens is 218 g/mol. The van der Waals surface area contributed by atoms with Crippen molar-refractivity contribution in [3.63, 3.8) is 0 Å². The maximum atomic E-state index is 11.8. The van der Waals surface area contributed by atoms with Gasteiger partial charge in [-0.05, 0) is 33.6 Å². The van der Waals surface area contributed by atoms with Crippen LogP contribution in [0.15, 0.2) is 12.7 Å². The van der Waals surface area contributed by atoms with Crippen molar-refractivity contribution in [1.82, 2.24) is 4.90 Å². The number of rotatable bonds is 3. The summed E-state index contributed by atoms with van der Waals surface area (Å²) in [5.74, 6) is 0.139. The number of carbonyl (C=O) groups excluding carboxylic acids is 1. The second-order valence-corrected chi connectivity index (χ2v) is 5.57. The molecule has 1 aliphatic rings. The van der Waals surface area contributed by atoms with Crippen LogP contribution in [0.2, 0.25) is 0 Å². The molecule has 0 spiro atoms. The number of aliphatic hydroxyl groups is 1. The summed E-state index contributed by atoms with van der Waals surface area (Å²) in [5.41, 5.74) is -0.463. The van der Waals surface area contributed by atoms with E-state index in [9.17, 15) is 9.90 Å². The van der Waals surface area contributed by atoms with Crippen molar-refractivity contribution in [3.05, 3.63) is 12.7 Å². The van der Waals surface area contributed by atoms with Crippen LogP contribution in [0.25, 0.3) is 0 Å². The van der Waals surface area contributed by atoms with Gasteiger partial charge in [-0.15, -0.1) is 6.58 Å². The van der Waals surface area contributed by atoms with E-state index in [0.717, 1.165) is 6.42 Å². The van der Waals surface area contributed by atoms with E-state index in [4.69, 9.17) is 4.74 Å². The Kier molecular flexibility index (Phi) is 4.57. The fourth-order valence-electron chi connectivity index (χ4n) is 1.96. The van der Waals surface area contributed by atoms with Gasteiger partial charge in [0.15, 0.2) is 0 Å². The molecule has 0 aromatic heterocycles. The Morgan fingerprint density at radius 3 is 2.82 bits per heavy atom. The predicted molar refractivity (Wildman–Crippen MR) is 66.7 cm³/mol. The molecule has 1 fully saturated rings. The van der Waals surface area contributed by atoms with E-state index < -0.39 is 11.7 Å². The van der Waals surface area contributed by atoms with Crippen molar-refractivity contribution in [3.8, 4) is 0 Å². The molecule has 4 nitrogen and oxygen atoms in total. The summed E-state index contributed by atoms with van der Waals surface area (Å²) in [4.78, 5) is 13.5. The molecule has 0 aromatic carbocycles. The zero-order chi connectivity index (χ0) is 13.1. The maximum Gasteiger partial charge on any atom is 0.410 e. The van der Waals surface area contributed by atoms with Gasteiger partial charge in [0.1, 0.15) is 5.60 Å². The lowest BCUT2D eigenvalue weighted by atomic mass is 9.99. The molecule has 98 valence electrons. The number of likely N-dealkylation sites (tertiary alicyclic amines) is 1. The summed E-state index contributed by atoms with van der Waals surface area (Å²) in [6.07, 6.45) is 2.42. The predicted octanol–water partition coefficient (Wildman–Crippen LogP) is 2.18. The standard InChI is InChI=1S/C13H23NO3/c1-5-6-11(15)10-7-8-14(9-10)12(16)17-13(2,3)4/h5,10-11,15H,1,6-9H2,2-4H3/t10?,11-/m0/s1. The first-order valence-electron chi connectivity index (χ1n) is 6.10. The first kappa shape index (κ1) is 14.0. The van der Waals surface area contributed by atoms with E-state index in [1.54, 1.807) is 11.0 Å². The molecule has 0 bridgehead atoms. The first-order valence-corrected chi connectivity index (χ1v) is 6.10. The smallest absolute Gasteiger partial charge is 0.410 e. The molecule has 0 aromatic rings. The third-order valence-corrected chi connectivity index (χ3v) is 2.83. The molecule has 0 saturated carbocycles. The highest BCUT2D eigenvalue weighted by atomic mass is 16.6. The normalized spacial score (nSPS) is 22.4. The minimum atomic E-state index is -0.463. The Morgan fingerprint density at radius 2 is 2.29 bits per heavy atom. The van der Waals surface area contributed by atoms with Gasteiger partial charge in [0, 0.05) is 19.0 Å². The highest BCUT2D eigenvalue weighted by Gasteiger charge is 2.32. The Balaban J connectivity index is 2.44. The molecule has 1 N–H and O–H groups in total. The topological polar surface area (TPSA) is 49.8 Å². The summed E-state index contributed by atoms with van der Waals surface area (Å²) in [7, 11) is 0. The van der Waals surface area contributed by atoms with Crippen LogP contribution in [-0.4, -0.2) is 40.9 Å². The van der Waals surface area contributed by atoms with Gasteiger partial charge in [0.25, 0.3) is 0 Å². The van der Waals surface area contributed by atoms with Crippen molar-refractivity contribution in [2.24, 2.45) is 5.92 Å². The van der Waals surface area contributed by atoms with Crippen LogP contribution in [0.1, 0.15) is 33.6 Å². The van der Waals surface area contributed by atoms with Crippen molar-refractivity contribution in [2.45, 2.75) is 45.3 Å². The molecule has 0 radical (unpaired) electrons. The van der Waals surface area contributed by atoms with E-state index in [-0.39, 0.29) is 12.0 Å². The average Bonchev–Trinajstić information content (AvgIpc) is 2.63. The monoisotopic (exact) mass is 241 g/mol. The van der Waals surface area contributed by atoms with Crippen molar-refractivity contribution in [1.29, 1.82) is 0 Å². The van der Waals surface area contributed by atoms with Crippen LogP contribution >= 0.6 is 0 Å². The molecule has 17 heavy (non-hydrogen) atoms. The molecule has 2 atom stereocenters. The summed E-state index contributed by atoms with van der Waals surface area (Å²) in [6.45, 7) is 10.4. The summed E-state index contributed by atoms with van der Waals surface area (Å²) in [5, 5.41) is 9.83. The SMILES string of the molecule is C=CC[C@H](O)C1CCN(C(=O)OC(C)(C)C)C1. The summed E-state index contributed by atoms with van der Waals surface area (Å²) < 4.78 is 5.29. The molecule has 1 unspecified atom stereocenters. The number of carbonyl (C=O) groups is 1. The van der Waals surface area contributed by atoms with E-state index >= 15 is 0 Å². The van der Waals surface area contributed by atoms with Crippen molar-refractivity contribution < 1.29 is 14.6 Å². The summed E-state index contributed by atoms with van der Waals surface area (Å²) >= 11 is 0. The fourth-order valence-corrected chi connectivity index (χ4v) is 1.96. The van der Waals surface area contributed by atoms with Gasteiger partial charge in [-0.2, -0.15) is 0 Å². The van der Waals surface area contributed by atoms with Crippen LogP contribution in [0.5, 0.6) is 0 Å². The second-order valence-electron chi connectivity index (χ2n) is 5.57. The molecule has 0 aliphatic carbocycles. The Labute approximate surface area is 103 Å². The molecule has 1 heterocycles. The minimum Gasteiger partial charge on any atom is -0.444 e. The van der Waals surface area contributed by atoms with E-state index in [1.165, 1.54) is 0 Å². The van der Waals surface area contributed by atoms with Crippen LogP contribution in [0.4, 0.5) is 4.79 Å². The number of hydrogen-bond acceptors (Lipinski definition) is 3. The number of aliphatic hydroxyl groups excluding tert-OH is 1. The molecule has 1 rings (SSSR count). The Hall–Kier alpha value is -1.03. The van der Waals surface area contributed by atoms with Gasteiger partial charge in [-0.25, -0.2) is 4.79 Å². The van der Waals surface area contributed by atoms with Crippen molar-refractivity contribution >= 4 is 6.09 Å². The van der Waals surface area contributed by atoms with Gasteiger partial charge in [-0.3, -0.25) is 0 Å². The molecular formula is C13H23NO3. The van der Waals surface area contributed by atoms with Gasteiger partial charge in [0.2, 0.25) is 0 Å². The van der Waals surface area contributed by atoms with Gasteiger partial charge in [-0.1, -0.05) is 6.08 Å². The van der Waals surface area contributed by atoms with Gasteiger partial charge >= 0.3 is 6.09 Å². The molecule has 1 aliphatic heterocycles. The third kappa shape index (κ3) is 4.38. The third-order valence-electron chi connectivity index (χ3n) is 2.83. The van der Waals surface area contributed by atoms with Crippen molar-refractivity contribution in [2.75, 3.05) is 13.1 Å². The lowest BCUT2D eigenvalue weighted by Gasteiger charge is -2.24. The van der Waals surface area contributed by atoms with Gasteiger partial charge in [0.05, 0.1) is 6.10 Å². The quantitative estimate of drug-likeness (QED) is 0.770. The van der Waals surface area contributed by atoms with Crippen LogP contribution < -0.4 is 0 Å². The van der Waals surface area contributed by atoms with E-state index in [2.05, 4.69) is 6.58 Å². The zero-order valence-electron chi connectivity index (χ0n) is 11.0. The number of amides is 1. The Bertz CT molecular complexity index is 283. The average molecular weight is 241 g/mol. The molecule has 1 saturated heterocycles. The lowest BCUT2D eigenvalue weighted by Crippen LogP contribution is -2.36. The van der Waals surface area contributed by atoms with E-state index in [1.807, 2.05) is 20.8 Å². The molecule has 4 heteroatoms. The van der Waals surface area contributed by atoms with Gasteiger partial charge < -0.3 is 14.7 Å². The largest absolute Gasteiger partial charge is 0.444 e. The Morgan fingerprint density at radius 1 is 1.65 bits per heavy atom. The fraction of sp³-hybridized carbons (Fsp3) is 0.769. The summed E-state index contributed by atoms with van der Waals surface area (Å²) in [6, 6.07) is 0. The minimum absolute atomic E-state index is 0.139. The maximum absolute atomic E-state index is 11.8. The number of ether oxygens (including phenoxy) is 1. The highest BCUT2D eigenvalue weighted by molar-refractivity contribution is 5.68. The molecule has 1 amide bonds. The van der Waals surface area contributed by atoms with Crippen LogP contribution in [0, 0.1) is 5.92 Å².